The first-order valence-electron chi connectivity index (χ1n) is 24.1. The summed E-state index contributed by atoms with van der Waals surface area (Å²) in [5, 5.41) is 12.6. The van der Waals surface area contributed by atoms with E-state index >= 15 is 0 Å². The van der Waals surface area contributed by atoms with Crippen molar-refractivity contribution < 1.29 is 37.8 Å². The minimum absolute atomic E-state index is 0.0647. The van der Waals surface area contributed by atoms with E-state index < -0.39 is 44.2 Å². The Balaban J connectivity index is 1.34. The average Bonchev–Trinajstić information content (AvgIpc) is 3.81. The summed E-state index contributed by atoms with van der Waals surface area (Å²) in [7, 11) is -2.88. The van der Waals surface area contributed by atoms with Gasteiger partial charge < -0.3 is 38.9 Å². The Morgan fingerprint density at radius 3 is 2.10 bits per heavy atom. The third kappa shape index (κ3) is 16.6. The van der Waals surface area contributed by atoms with Gasteiger partial charge in [0.1, 0.15) is 31.2 Å². The summed E-state index contributed by atoms with van der Waals surface area (Å²) < 4.78 is 30.3. The number of rotatable bonds is 26. The second kappa shape index (κ2) is 26.7. The molecule has 1 aliphatic rings. The molecule has 14 nitrogen and oxygen atoms in total. The molecule has 2 amide bonds. The van der Waals surface area contributed by atoms with Crippen LogP contribution < -0.4 is 25.7 Å². The normalized spacial score (nSPS) is 15.3. The summed E-state index contributed by atoms with van der Waals surface area (Å²) in [6.07, 6.45) is 3.33. The summed E-state index contributed by atoms with van der Waals surface area (Å²) in [5.74, 6) is 0.0806. The minimum Gasteiger partial charge on any atom is -0.489 e. The van der Waals surface area contributed by atoms with Crippen molar-refractivity contribution >= 4 is 36.7 Å². The third-order valence-corrected chi connectivity index (χ3v) is 17.0. The van der Waals surface area contributed by atoms with Gasteiger partial charge in [-0.3, -0.25) is 4.79 Å². The highest BCUT2D eigenvalue weighted by molar-refractivity contribution is 6.99. The summed E-state index contributed by atoms with van der Waals surface area (Å²) in [4.78, 5) is 45.2. The topological polar surface area (TPSA) is 173 Å². The van der Waals surface area contributed by atoms with Crippen LogP contribution >= 0.6 is 0 Å². The molecule has 370 valence electrons. The van der Waals surface area contributed by atoms with Gasteiger partial charge in [-0.25, -0.2) is 9.59 Å². The molecule has 0 saturated carbocycles. The lowest BCUT2D eigenvalue weighted by Gasteiger charge is -2.44. The fourth-order valence-electron chi connectivity index (χ4n) is 8.83. The van der Waals surface area contributed by atoms with E-state index in [9.17, 15) is 19.9 Å². The second-order valence-corrected chi connectivity index (χ2v) is 23.7. The van der Waals surface area contributed by atoms with Gasteiger partial charge in [-0.2, -0.15) is 0 Å². The van der Waals surface area contributed by atoms with E-state index in [4.69, 9.17) is 23.4 Å². The van der Waals surface area contributed by atoms with Crippen molar-refractivity contribution in [2.24, 2.45) is 5.11 Å². The first-order chi connectivity index (χ1) is 33.1. The molecular formula is C54H72N6O8Si. The Bertz CT molecular complexity index is 2210. The molecule has 0 aromatic heterocycles. The predicted octanol–water partition coefficient (Wildman–Crippen LogP) is 8.82. The Morgan fingerprint density at radius 1 is 0.870 bits per heavy atom. The van der Waals surface area contributed by atoms with E-state index in [-0.39, 0.29) is 36.7 Å². The molecule has 2 N–H and O–H groups in total. The molecule has 15 heteroatoms. The molecular weight excluding hydrogens is 889 g/mol. The Morgan fingerprint density at radius 2 is 1.51 bits per heavy atom. The molecule has 0 spiro atoms. The van der Waals surface area contributed by atoms with Gasteiger partial charge in [-0.05, 0) is 110 Å². The molecule has 1 heterocycles. The zero-order valence-corrected chi connectivity index (χ0v) is 42.3. The van der Waals surface area contributed by atoms with Crippen molar-refractivity contribution in [1.29, 1.82) is 0 Å². The van der Waals surface area contributed by atoms with E-state index in [0.29, 0.717) is 57.7 Å². The molecule has 4 atom stereocenters. The smallest absolute Gasteiger partial charge is 0.407 e. The summed E-state index contributed by atoms with van der Waals surface area (Å²) in [6, 6.07) is 36.9. The standard InChI is InChI=1S/C54H72N6O8Si/c1-8-36-64-52(63)57-33-18-27-47(51(62)60-35-19-22-43(60)39-67-69(54(5,6)7,45-23-14-10-15-24-45)46-25-16-11-17-26-46)56-34-32-49(66-40-50(61)68-53(2,3)4)48(58-59-55)37-41-28-30-44(31-29-41)65-38-42-20-12-9-13-21-42/h8-17,20-21,23-26,28-31,43,47-49,56H,1,18-19,22,27,32-40H2,2-7H3,(H,57,63)/t43-,47-,48-,49-/m0/s1. The van der Waals surface area contributed by atoms with Crippen LogP contribution in [0, 0.1) is 0 Å². The van der Waals surface area contributed by atoms with Crippen molar-refractivity contribution in [3.63, 3.8) is 0 Å². The van der Waals surface area contributed by atoms with Gasteiger partial charge in [0.25, 0.3) is 8.32 Å². The quantitative estimate of drug-likeness (QED) is 0.0119. The van der Waals surface area contributed by atoms with Crippen molar-refractivity contribution in [1.82, 2.24) is 15.5 Å². The van der Waals surface area contributed by atoms with Crippen molar-refractivity contribution in [2.75, 3.05) is 39.5 Å². The van der Waals surface area contributed by atoms with Crippen LogP contribution in [0.2, 0.25) is 5.04 Å². The molecule has 1 fully saturated rings. The molecule has 1 aliphatic heterocycles. The SMILES string of the molecule is C=CCOC(=O)NCCC[C@H](NCC[C@H](OCC(=O)OC(C)(C)C)[C@H](Cc1ccc(OCc2ccccc2)cc1)N=[N+]=[N-])C(=O)N1CCC[C@H]1CO[Si](c1ccccc1)(c1ccccc1)C(C)(C)C. The van der Waals surface area contributed by atoms with Crippen LogP contribution in [0.5, 0.6) is 5.75 Å². The van der Waals surface area contributed by atoms with Crippen molar-refractivity contribution in [2.45, 2.75) is 122 Å². The highest BCUT2D eigenvalue weighted by atomic mass is 28.4. The number of amides is 2. The van der Waals surface area contributed by atoms with Gasteiger partial charge in [0.2, 0.25) is 5.91 Å². The number of azide groups is 1. The number of carbonyl (C=O) groups is 3. The number of ether oxygens (including phenoxy) is 4. The maximum absolute atomic E-state index is 14.9. The minimum atomic E-state index is -2.88. The first kappa shape index (κ1) is 54.0. The maximum Gasteiger partial charge on any atom is 0.407 e. The largest absolute Gasteiger partial charge is 0.489 e. The molecule has 0 aliphatic carbocycles. The number of benzene rings is 4. The monoisotopic (exact) mass is 961 g/mol. The van der Waals surface area contributed by atoms with Crippen molar-refractivity contribution in [3.05, 3.63) is 149 Å². The van der Waals surface area contributed by atoms with Crippen LogP contribution in [0.4, 0.5) is 4.79 Å². The summed E-state index contributed by atoms with van der Waals surface area (Å²) in [6.45, 7) is 17.4. The lowest BCUT2D eigenvalue weighted by atomic mass is 9.99. The molecule has 4 aromatic rings. The number of hydrogen-bond donors (Lipinski definition) is 2. The molecule has 1 saturated heterocycles. The number of nitrogens with zero attached hydrogens (tertiary/aromatic N) is 4. The molecule has 0 radical (unpaired) electrons. The fraction of sp³-hybridized carbons (Fsp3) is 0.463. The Hall–Kier alpha value is -5.96. The lowest BCUT2D eigenvalue weighted by molar-refractivity contribution is -0.162. The number of esters is 1. The van der Waals surface area contributed by atoms with Gasteiger partial charge >= 0.3 is 12.1 Å². The molecule has 5 rings (SSSR count). The third-order valence-electron chi connectivity index (χ3n) is 12.0. The van der Waals surface area contributed by atoms with E-state index in [2.05, 4.69) is 96.5 Å². The Labute approximate surface area is 409 Å². The predicted molar refractivity (Wildman–Crippen MR) is 273 cm³/mol. The highest BCUT2D eigenvalue weighted by Crippen LogP contribution is 2.37. The van der Waals surface area contributed by atoms with Crippen LogP contribution in [-0.2, 0) is 41.3 Å². The van der Waals surface area contributed by atoms with E-state index in [1.807, 2.05) is 71.6 Å². The van der Waals surface area contributed by atoms with Crippen LogP contribution in [0.15, 0.2) is 133 Å². The second-order valence-electron chi connectivity index (χ2n) is 19.4. The van der Waals surface area contributed by atoms with Crippen LogP contribution in [-0.4, -0.2) is 100 Å². The lowest BCUT2D eigenvalue weighted by Crippen LogP contribution is -2.67. The van der Waals surface area contributed by atoms with E-state index in [0.717, 1.165) is 24.0 Å². The number of likely N-dealkylation sites (tertiary alicyclic amines) is 1. The van der Waals surface area contributed by atoms with Gasteiger partial charge in [-0.15, -0.1) is 0 Å². The van der Waals surface area contributed by atoms with Crippen LogP contribution in [0.3, 0.4) is 0 Å². The van der Waals surface area contributed by atoms with E-state index in [1.165, 1.54) is 16.4 Å². The average molecular weight is 961 g/mol. The number of alkyl carbamates (subject to hydrolysis) is 1. The molecule has 69 heavy (non-hydrogen) atoms. The zero-order valence-electron chi connectivity index (χ0n) is 41.3. The highest BCUT2D eigenvalue weighted by Gasteiger charge is 2.51. The zero-order chi connectivity index (χ0) is 49.7. The van der Waals surface area contributed by atoms with Crippen molar-refractivity contribution in [3.8, 4) is 5.75 Å². The van der Waals surface area contributed by atoms with Crippen LogP contribution in [0.1, 0.15) is 84.8 Å². The number of hydrogen-bond acceptors (Lipinski definition) is 10. The summed E-state index contributed by atoms with van der Waals surface area (Å²) in [5.41, 5.74) is 11.0. The van der Waals surface area contributed by atoms with E-state index in [1.54, 1.807) is 20.8 Å². The Kier molecular flexibility index (Phi) is 20.9. The molecule has 0 bridgehead atoms. The molecule has 0 unspecified atom stereocenters. The number of nitrogens with one attached hydrogen (secondary N) is 2. The fourth-order valence-corrected chi connectivity index (χ4v) is 13.4. The van der Waals surface area contributed by atoms with Crippen LogP contribution in [0.25, 0.3) is 10.4 Å². The summed E-state index contributed by atoms with van der Waals surface area (Å²) >= 11 is 0. The van der Waals surface area contributed by atoms with Gasteiger partial charge in [0.05, 0.1) is 30.8 Å². The van der Waals surface area contributed by atoms with Gasteiger partial charge in [0, 0.05) is 18.0 Å². The van der Waals surface area contributed by atoms with Gasteiger partial charge in [0.15, 0.2) is 0 Å². The molecule has 4 aromatic carbocycles. The first-order valence-corrected chi connectivity index (χ1v) is 26.0. The maximum atomic E-state index is 14.9. The van der Waals surface area contributed by atoms with Gasteiger partial charge in [-0.1, -0.05) is 142 Å². The number of carbonyl (C=O) groups excluding carboxylic acids is 3.